The average molecular weight is 237 g/mol. The predicted octanol–water partition coefficient (Wildman–Crippen LogP) is 3.07. The fourth-order valence-electron chi connectivity index (χ4n) is 3.67. The van der Waals surface area contributed by atoms with Gasteiger partial charge in [0.25, 0.3) is 0 Å². The van der Waals surface area contributed by atoms with E-state index in [0.717, 1.165) is 29.0 Å². The molecule has 1 aliphatic heterocycles. The maximum Gasteiger partial charge on any atom is 0.0172 e. The third kappa shape index (κ3) is 2.19. The Bertz CT molecular complexity index is 270. The van der Waals surface area contributed by atoms with E-state index >= 15 is 0 Å². The van der Waals surface area contributed by atoms with Crippen molar-refractivity contribution in [1.82, 2.24) is 5.32 Å². The lowest BCUT2D eigenvalue weighted by molar-refractivity contribution is 0.328. The van der Waals surface area contributed by atoms with Gasteiger partial charge in [0.15, 0.2) is 0 Å². The van der Waals surface area contributed by atoms with Gasteiger partial charge in [-0.1, -0.05) is 12.2 Å². The quantitative estimate of drug-likeness (QED) is 0.754. The van der Waals surface area contributed by atoms with Gasteiger partial charge in [0.05, 0.1) is 0 Å². The van der Waals surface area contributed by atoms with Crippen molar-refractivity contribution in [2.24, 2.45) is 17.8 Å². The Morgan fingerprint density at radius 1 is 1.38 bits per heavy atom. The standard InChI is InChI=1S/C14H23NS/c1-10(15-9-13-3-2-6-16-13)14-8-11-4-5-12(14)7-11/h4-5,10-15H,2-3,6-9H2,1H3. The minimum atomic E-state index is 0.723. The van der Waals surface area contributed by atoms with E-state index in [9.17, 15) is 0 Å². The smallest absolute Gasteiger partial charge is 0.0172 e. The molecular weight excluding hydrogens is 214 g/mol. The van der Waals surface area contributed by atoms with Crippen molar-refractivity contribution >= 4 is 11.8 Å². The van der Waals surface area contributed by atoms with Crippen molar-refractivity contribution in [3.63, 3.8) is 0 Å². The molecule has 1 saturated carbocycles. The SMILES string of the molecule is CC(NCC1CCCS1)C1CC2C=CC1C2. The van der Waals surface area contributed by atoms with Crippen LogP contribution in [0.3, 0.4) is 0 Å². The Morgan fingerprint density at radius 3 is 2.94 bits per heavy atom. The summed E-state index contributed by atoms with van der Waals surface area (Å²) in [6, 6.07) is 0.723. The summed E-state index contributed by atoms with van der Waals surface area (Å²) in [5.74, 6) is 4.11. The van der Waals surface area contributed by atoms with Crippen molar-refractivity contribution in [3.8, 4) is 0 Å². The summed E-state index contributed by atoms with van der Waals surface area (Å²) < 4.78 is 0. The molecule has 5 unspecified atom stereocenters. The summed E-state index contributed by atoms with van der Waals surface area (Å²) in [5.41, 5.74) is 0. The Morgan fingerprint density at radius 2 is 2.31 bits per heavy atom. The van der Waals surface area contributed by atoms with Gasteiger partial charge in [-0.15, -0.1) is 0 Å². The molecule has 0 aromatic heterocycles. The van der Waals surface area contributed by atoms with Crippen LogP contribution in [-0.2, 0) is 0 Å². The summed E-state index contributed by atoms with van der Waals surface area (Å²) >= 11 is 2.17. The fraction of sp³-hybridized carbons (Fsp3) is 0.857. The third-order valence-corrected chi connectivity index (χ3v) is 6.06. The molecule has 2 aliphatic carbocycles. The highest BCUT2D eigenvalue weighted by atomic mass is 32.2. The van der Waals surface area contributed by atoms with Crippen LogP contribution >= 0.6 is 11.8 Å². The second-order valence-electron chi connectivity index (χ2n) is 5.78. The number of rotatable bonds is 4. The van der Waals surface area contributed by atoms with Gasteiger partial charge in [-0.3, -0.25) is 0 Å². The van der Waals surface area contributed by atoms with E-state index in [1.54, 1.807) is 0 Å². The molecule has 0 spiro atoms. The van der Waals surface area contributed by atoms with Gasteiger partial charge in [0.2, 0.25) is 0 Å². The van der Waals surface area contributed by atoms with E-state index in [2.05, 4.69) is 36.2 Å². The van der Waals surface area contributed by atoms with Crippen LogP contribution in [0.2, 0.25) is 0 Å². The summed E-state index contributed by atoms with van der Waals surface area (Å²) in [4.78, 5) is 0. The number of allylic oxidation sites excluding steroid dienone is 2. The Balaban J connectivity index is 1.46. The molecule has 1 heterocycles. The second-order valence-corrected chi connectivity index (χ2v) is 7.18. The Hall–Kier alpha value is 0.0500. The van der Waals surface area contributed by atoms with Crippen LogP contribution in [0.4, 0.5) is 0 Å². The minimum Gasteiger partial charge on any atom is -0.313 e. The van der Waals surface area contributed by atoms with Crippen LogP contribution < -0.4 is 5.32 Å². The maximum atomic E-state index is 3.80. The average Bonchev–Trinajstić information content (AvgIpc) is 3.01. The van der Waals surface area contributed by atoms with Crippen molar-refractivity contribution in [1.29, 1.82) is 0 Å². The van der Waals surface area contributed by atoms with Crippen LogP contribution in [0.5, 0.6) is 0 Å². The highest BCUT2D eigenvalue weighted by molar-refractivity contribution is 8.00. The van der Waals surface area contributed by atoms with Gasteiger partial charge >= 0.3 is 0 Å². The number of nitrogens with one attached hydrogen (secondary N) is 1. The molecule has 2 bridgehead atoms. The van der Waals surface area contributed by atoms with Gasteiger partial charge in [-0.2, -0.15) is 11.8 Å². The first-order chi connectivity index (χ1) is 7.83. The first-order valence-electron chi connectivity index (χ1n) is 6.86. The summed E-state index contributed by atoms with van der Waals surface area (Å²) in [6.07, 6.45) is 10.7. The van der Waals surface area contributed by atoms with E-state index in [-0.39, 0.29) is 0 Å². The lowest BCUT2D eigenvalue weighted by atomic mass is 9.87. The van der Waals surface area contributed by atoms with Crippen molar-refractivity contribution in [3.05, 3.63) is 12.2 Å². The number of thioether (sulfide) groups is 1. The molecule has 0 aromatic rings. The molecular formula is C14H23NS. The second kappa shape index (κ2) is 4.73. The van der Waals surface area contributed by atoms with Crippen LogP contribution in [-0.4, -0.2) is 23.6 Å². The molecule has 1 nitrogen and oxygen atoms in total. The predicted molar refractivity (Wildman–Crippen MR) is 71.8 cm³/mol. The van der Waals surface area contributed by atoms with Crippen LogP contribution in [0, 0.1) is 17.8 Å². The molecule has 0 aromatic carbocycles. The van der Waals surface area contributed by atoms with Gasteiger partial charge in [0.1, 0.15) is 0 Å². The number of hydrogen-bond acceptors (Lipinski definition) is 2. The van der Waals surface area contributed by atoms with Gasteiger partial charge in [-0.25, -0.2) is 0 Å². The molecule has 0 radical (unpaired) electrons. The topological polar surface area (TPSA) is 12.0 Å². The monoisotopic (exact) mass is 237 g/mol. The Labute approximate surface area is 103 Å². The highest BCUT2D eigenvalue weighted by Crippen LogP contribution is 2.44. The number of fused-ring (bicyclic) bond motifs is 2. The normalized spacial score (nSPS) is 43.1. The first-order valence-corrected chi connectivity index (χ1v) is 7.91. The molecule has 2 fully saturated rings. The molecule has 1 saturated heterocycles. The van der Waals surface area contributed by atoms with E-state index in [1.165, 1.54) is 38.0 Å². The molecule has 3 aliphatic rings. The van der Waals surface area contributed by atoms with Crippen molar-refractivity contribution in [2.75, 3.05) is 12.3 Å². The zero-order valence-corrected chi connectivity index (χ0v) is 11.0. The highest BCUT2D eigenvalue weighted by Gasteiger charge is 2.38. The third-order valence-electron chi connectivity index (χ3n) is 4.66. The number of hydrogen-bond donors (Lipinski definition) is 1. The van der Waals surface area contributed by atoms with Crippen LogP contribution in [0.1, 0.15) is 32.6 Å². The molecule has 5 atom stereocenters. The van der Waals surface area contributed by atoms with E-state index < -0.39 is 0 Å². The zero-order valence-electron chi connectivity index (χ0n) is 10.2. The van der Waals surface area contributed by atoms with E-state index in [1.807, 2.05) is 0 Å². The van der Waals surface area contributed by atoms with E-state index in [4.69, 9.17) is 0 Å². The van der Waals surface area contributed by atoms with Gasteiger partial charge in [-0.05, 0) is 56.1 Å². The summed E-state index contributed by atoms with van der Waals surface area (Å²) in [7, 11) is 0. The van der Waals surface area contributed by atoms with E-state index in [0.29, 0.717) is 0 Å². The lowest BCUT2D eigenvalue weighted by Crippen LogP contribution is -2.38. The molecule has 1 N–H and O–H groups in total. The molecule has 3 rings (SSSR count). The summed E-state index contributed by atoms with van der Waals surface area (Å²) in [6.45, 7) is 3.64. The zero-order chi connectivity index (χ0) is 11.0. The van der Waals surface area contributed by atoms with Crippen molar-refractivity contribution < 1.29 is 0 Å². The molecule has 2 heteroatoms. The van der Waals surface area contributed by atoms with Gasteiger partial charge < -0.3 is 5.32 Å². The maximum absolute atomic E-state index is 3.80. The molecule has 0 amide bonds. The first kappa shape index (κ1) is 11.2. The minimum absolute atomic E-state index is 0.723. The molecule has 90 valence electrons. The van der Waals surface area contributed by atoms with Crippen molar-refractivity contribution in [2.45, 2.75) is 43.9 Å². The van der Waals surface area contributed by atoms with Gasteiger partial charge in [0, 0.05) is 17.8 Å². The fourth-order valence-corrected chi connectivity index (χ4v) is 4.89. The Kier molecular flexibility index (Phi) is 3.30. The largest absolute Gasteiger partial charge is 0.313 e. The van der Waals surface area contributed by atoms with Crippen LogP contribution in [0.25, 0.3) is 0 Å². The van der Waals surface area contributed by atoms with Crippen LogP contribution in [0.15, 0.2) is 12.2 Å². The lowest BCUT2D eigenvalue weighted by Gasteiger charge is -2.27. The molecule has 16 heavy (non-hydrogen) atoms. The summed E-state index contributed by atoms with van der Waals surface area (Å²) in [5, 5.41) is 4.70.